The van der Waals surface area contributed by atoms with Crippen LogP contribution in [-0.4, -0.2) is 15.7 Å². The predicted octanol–water partition coefficient (Wildman–Crippen LogP) is 4.23. The Morgan fingerprint density at radius 3 is 3.00 bits per heavy atom. The standard InChI is InChI=1S/C11H13ClN2S2/c1-7(2)5-15-6-9-13-10(12)8-3-4-16-11(8)14-9/h3-4,7H,5-6H2,1-2H3. The zero-order valence-corrected chi connectivity index (χ0v) is 11.6. The molecule has 0 spiro atoms. The first kappa shape index (κ1) is 12.1. The van der Waals surface area contributed by atoms with Crippen molar-refractivity contribution in [3.63, 3.8) is 0 Å². The summed E-state index contributed by atoms with van der Waals surface area (Å²) in [5, 5.41) is 3.53. The van der Waals surface area contributed by atoms with Gasteiger partial charge in [0.2, 0.25) is 0 Å². The maximum absolute atomic E-state index is 6.09. The van der Waals surface area contributed by atoms with E-state index in [1.165, 1.54) is 0 Å². The molecule has 0 fully saturated rings. The van der Waals surface area contributed by atoms with E-state index in [1.54, 1.807) is 11.3 Å². The first-order valence-electron chi connectivity index (χ1n) is 5.14. The second-order valence-corrected chi connectivity index (χ2v) is 6.26. The zero-order chi connectivity index (χ0) is 11.5. The molecule has 0 aliphatic rings. The molecule has 5 heteroatoms. The fraction of sp³-hybridized carbons (Fsp3) is 0.455. The maximum atomic E-state index is 6.09. The van der Waals surface area contributed by atoms with E-state index >= 15 is 0 Å². The first-order valence-corrected chi connectivity index (χ1v) is 7.55. The van der Waals surface area contributed by atoms with Gasteiger partial charge in [0.15, 0.2) is 0 Å². The summed E-state index contributed by atoms with van der Waals surface area (Å²) < 4.78 is 0. The van der Waals surface area contributed by atoms with E-state index in [2.05, 4.69) is 23.8 Å². The lowest BCUT2D eigenvalue weighted by Gasteiger charge is -2.04. The van der Waals surface area contributed by atoms with Crippen LogP contribution in [-0.2, 0) is 5.75 Å². The van der Waals surface area contributed by atoms with Crippen molar-refractivity contribution < 1.29 is 0 Å². The van der Waals surface area contributed by atoms with Crippen LogP contribution in [0.1, 0.15) is 19.7 Å². The lowest BCUT2D eigenvalue weighted by Crippen LogP contribution is -1.96. The van der Waals surface area contributed by atoms with Gasteiger partial charge >= 0.3 is 0 Å². The fourth-order valence-electron chi connectivity index (χ4n) is 1.31. The molecule has 0 amide bonds. The molecule has 86 valence electrons. The summed E-state index contributed by atoms with van der Waals surface area (Å²) in [5.41, 5.74) is 0. The Kier molecular flexibility index (Phi) is 4.05. The Hall–Kier alpha value is -0.320. The number of thiophene rings is 1. The second-order valence-electron chi connectivity index (χ2n) is 3.98. The number of halogens is 1. The molecule has 0 unspecified atom stereocenters. The molecule has 0 aromatic carbocycles. The summed E-state index contributed by atoms with van der Waals surface area (Å²) in [5.74, 6) is 3.51. The quantitative estimate of drug-likeness (QED) is 0.779. The second kappa shape index (κ2) is 5.34. The molecular weight excluding hydrogens is 260 g/mol. The molecule has 2 aromatic heterocycles. The highest BCUT2D eigenvalue weighted by Crippen LogP contribution is 2.25. The van der Waals surface area contributed by atoms with E-state index in [0.29, 0.717) is 11.1 Å². The van der Waals surface area contributed by atoms with Gasteiger partial charge in [0.05, 0.1) is 5.75 Å². The summed E-state index contributed by atoms with van der Waals surface area (Å²) in [6.07, 6.45) is 0. The molecule has 0 N–H and O–H groups in total. The van der Waals surface area contributed by atoms with Crippen LogP contribution in [0.3, 0.4) is 0 Å². The number of hydrogen-bond acceptors (Lipinski definition) is 4. The summed E-state index contributed by atoms with van der Waals surface area (Å²) in [6.45, 7) is 4.42. The smallest absolute Gasteiger partial charge is 0.141 e. The van der Waals surface area contributed by atoms with Crippen LogP contribution in [0.2, 0.25) is 5.15 Å². The number of thioether (sulfide) groups is 1. The summed E-state index contributed by atoms with van der Waals surface area (Å²) in [6, 6.07) is 1.97. The summed E-state index contributed by atoms with van der Waals surface area (Å²) >= 11 is 9.56. The minimum atomic E-state index is 0.575. The van der Waals surface area contributed by atoms with Crippen molar-refractivity contribution in [1.82, 2.24) is 9.97 Å². The Labute approximate surface area is 108 Å². The first-order chi connectivity index (χ1) is 7.66. The average molecular weight is 273 g/mol. The van der Waals surface area contributed by atoms with E-state index in [0.717, 1.165) is 27.5 Å². The highest BCUT2D eigenvalue weighted by atomic mass is 35.5. The maximum Gasteiger partial charge on any atom is 0.141 e. The summed E-state index contributed by atoms with van der Waals surface area (Å²) in [4.78, 5) is 9.79. The van der Waals surface area contributed by atoms with Gasteiger partial charge < -0.3 is 0 Å². The van der Waals surface area contributed by atoms with Gasteiger partial charge in [-0.05, 0) is 23.1 Å². The number of aromatic nitrogens is 2. The predicted molar refractivity (Wildman–Crippen MR) is 73.4 cm³/mol. The lowest BCUT2D eigenvalue weighted by molar-refractivity contribution is 0.750. The van der Waals surface area contributed by atoms with Crippen molar-refractivity contribution in [2.75, 3.05) is 5.75 Å². The van der Waals surface area contributed by atoms with Gasteiger partial charge in [-0.1, -0.05) is 25.4 Å². The molecule has 2 aromatic rings. The fourth-order valence-corrected chi connectivity index (χ4v) is 3.30. The molecule has 0 radical (unpaired) electrons. The molecule has 2 heterocycles. The van der Waals surface area contributed by atoms with Gasteiger partial charge in [0.1, 0.15) is 15.8 Å². The van der Waals surface area contributed by atoms with Crippen LogP contribution in [0.25, 0.3) is 10.2 Å². The van der Waals surface area contributed by atoms with Crippen molar-refractivity contribution in [1.29, 1.82) is 0 Å². The SMILES string of the molecule is CC(C)CSCc1nc(Cl)c2ccsc2n1. The minimum absolute atomic E-state index is 0.575. The van der Waals surface area contributed by atoms with Crippen molar-refractivity contribution >= 4 is 44.9 Å². The van der Waals surface area contributed by atoms with Crippen LogP contribution in [0.4, 0.5) is 0 Å². The molecule has 0 atom stereocenters. The number of fused-ring (bicyclic) bond motifs is 1. The van der Waals surface area contributed by atoms with Gasteiger partial charge in [-0.2, -0.15) is 11.8 Å². The Morgan fingerprint density at radius 1 is 1.44 bits per heavy atom. The number of hydrogen-bond donors (Lipinski definition) is 0. The van der Waals surface area contributed by atoms with Crippen molar-refractivity contribution in [2.24, 2.45) is 5.92 Å². The molecule has 2 nitrogen and oxygen atoms in total. The molecule has 0 bridgehead atoms. The van der Waals surface area contributed by atoms with Crippen LogP contribution < -0.4 is 0 Å². The largest absolute Gasteiger partial charge is 0.221 e. The topological polar surface area (TPSA) is 25.8 Å². The minimum Gasteiger partial charge on any atom is -0.221 e. The number of nitrogens with zero attached hydrogens (tertiary/aromatic N) is 2. The van der Waals surface area contributed by atoms with Gasteiger partial charge in [-0.15, -0.1) is 11.3 Å². The van der Waals surface area contributed by atoms with E-state index in [4.69, 9.17) is 11.6 Å². The van der Waals surface area contributed by atoms with Gasteiger partial charge in [0, 0.05) is 5.39 Å². The molecule has 0 aliphatic carbocycles. The highest BCUT2D eigenvalue weighted by Gasteiger charge is 2.07. The summed E-state index contributed by atoms with van der Waals surface area (Å²) in [7, 11) is 0. The van der Waals surface area contributed by atoms with E-state index < -0.39 is 0 Å². The highest BCUT2D eigenvalue weighted by molar-refractivity contribution is 7.98. The third-order valence-electron chi connectivity index (χ3n) is 2.01. The zero-order valence-electron chi connectivity index (χ0n) is 9.24. The molecule has 0 saturated carbocycles. The van der Waals surface area contributed by atoms with E-state index in [9.17, 15) is 0 Å². The normalized spacial score (nSPS) is 11.5. The van der Waals surface area contributed by atoms with Crippen LogP contribution in [0.5, 0.6) is 0 Å². The Morgan fingerprint density at radius 2 is 2.25 bits per heavy atom. The van der Waals surface area contributed by atoms with Crippen molar-refractivity contribution in [3.8, 4) is 0 Å². The Balaban J connectivity index is 2.12. The van der Waals surface area contributed by atoms with Gasteiger partial charge in [-0.3, -0.25) is 0 Å². The Bertz CT molecular complexity index is 482. The molecular formula is C11H13ClN2S2. The van der Waals surface area contributed by atoms with Crippen LogP contribution in [0.15, 0.2) is 11.4 Å². The molecule has 2 rings (SSSR count). The lowest BCUT2D eigenvalue weighted by atomic mass is 10.3. The van der Waals surface area contributed by atoms with Gasteiger partial charge in [0.25, 0.3) is 0 Å². The molecule has 0 aliphatic heterocycles. The molecule has 16 heavy (non-hydrogen) atoms. The van der Waals surface area contributed by atoms with E-state index in [-0.39, 0.29) is 0 Å². The van der Waals surface area contributed by atoms with Crippen LogP contribution in [0, 0.1) is 5.92 Å². The van der Waals surface area contributed by atoms with E-state index in [1.807, 2.05) is 23.2 Å². The van der Waals surface area contributed by atoms with Gasteiger partial charge in [-0.25, -0.2) is 9.97 Å². The van der Waals surface area contributed by atoms with Crippen LogP contribution >= 0.6 is 34.7 Å². The van der Waals surface area contributed by atoms with Crippen molar-refractivity contribution in [2.45, 2.75) is 19.6 Å². The molecule has 0 saturated heterocycles. The number of rotatable bonds is 4. The third kappa shape index (κ3) is 2.87. The average Bonchev–Trinajstić information content (AvgIpc) is 2.65. The van der Waals surface area contributed by atoms with Crippen molar-refractivity contribution in [3.05, 3.63) is 22.4 Å². The third-order valence-corrected chi connectivity index (χ3v) is 4.47. The monoisotopic (exact) mass is 272 g/mol.